The second-order valence-electron chi connectivity index (χ2n) is 4.09. The Hall–Kier alpha value is -2.83. The van der Waals surface area contributed by atoms with Gasteiger partial charge in [-0.25, -0.2) is 9.98 Å². The molecule has 104 valence electrons. The number of imidazole rings is 1. The number of aromatic nitrogens is 2. The zero-order valence-corrected chi connectivity index (χ0v) is 11.2. The lowest BCUT2D eigenvalue weighted by atomic mass is 10.2. The fourth-order valence-corrected chi connectivity index (χ4v) is 1.81. The number of nitrogens with zero attached hydrogens (tertiary/aromatic N) is 4. The van der Waals surface area contributed by atoms with Crippen molar-refractivity contribution in [1.29, 1.82) is 0 Å². The van der Waals surface area contributed by atoms with Crippen molar-refractivity contribution in [2.45, 2.75) is 13.3 Å². The molecule has 2 aromatic rings. The van der Waals surface area contributed by atoms with E-state index in [1.54, 1.807) is 6.20 Å². The third kappa shape index (κ3) is 3.14. The average molecular weight is 271 g/mol. The lowest BCUT2D eigenvalue weighted by molar-refractivity contribution is 0.891. The van der Waals surface area contributed by atoms with Gasteiger partial charge in [-0.15, -0.1) is 0 Å². The van der Waals surface area contributed by atoms with Gasteiger partial charge in [0.15, 0.2) is 5.96 Å². The molecule has 7 nitrogen and oxygen atoms in total. The smallest absolute Gasteiger partial charge is 0.223 e. The SMILES string of the molecule is CCc1nccn1-c1ccc(N=C(N)N=C(N)N)cc1. The summed E-state index contributed by atoms with van der Waals surface area (Å²) in [5.74, 6) is 0.907. The van der Waals surface area contributed by atoms with Crippen molar-refractivity contribution < 1.29 is 0 Å². The second kappa shape index (κ2) is 5.87. The van der Waals surface area contributed by atoms with E-state index >= 15 is 0 Å². The molecule has 0 aliphatic heterocycles. The monoisotopic (exact) mass is 271 g/mol. The maximum atomic E-state index is 5.57. The van der Waals surface area contributed by atoms with Crippen LogP contribution in [0.2, 0.25) is 0 Å². The van der Waals surface area contributed by atoms with Crippen LogP contribution in [0.4, 0.5) is 5.69 Å². The van der Waals surface area contributed by atoms with E-state index in [2.05, 4.69) is 21.9 Å². The summed E-state index contributed by atoms with van der Waals surface area (Å²) in [5.41, 5.74) is 17.7. The minimum atomic E-state index is -0.117. The number of benzene rings is 1. The van der Waals surface area contributed by atoms with Crippen LogP contribution >= 0.6 is 0 Å². The maximum Gasteiger partial charge on any atom is 0.223 e. The van der Waals surface area contributed by atoms with Crippen molar-refractivity contribution in [2.24, 2.45) is 27.2 Å². The molecule has 2 rings (SSSR count). The van der Waals surface area contributed by atoms with E-state index in [1.807, 2.05) is 35.0 Å². The molecule has 0 aliphatic carbocycles. The quantitative estimate of drug-likeness (QED) is 0.560. The summed E-state index contributed by atoms with van der Waals surface area (Å²) in [6.07, 6.45) is 4.57. The summed E-state index contributed by atoms with van der Waals surface area (Å²) in [7, 11) is 0. The predicted molar refractivity (Wildman–Crippen MR) is 80.0 cm³/mol. The third-order valence-corrected chi connectivity index (χ3v) is 2.65. The number of aryl methyl sites for hydroxylation is 1. The third-order valence-electron chi connectivity index (χ3n) is 2.65. The Kier molecular flexibility index (Phi) is 3.99. The molecule has 0 bridgehead atoms. The van der Waals surface area contributed by atoms with Crippen molar-refractivity contribution in [3.8, 4) is 5.69 Å². The Labute approximate surface area is 116 Å². The first-order valence-electron chi connectivity index (χ1n) is 6.16. The minimum Gasteiger partial charge on any atom is -0.370 e. The summed E-state index contributed by atoms with van der Waals surface area (Å²) in [6, 6.07) is 7.54. The Bertz CT molecular complexity index is 633. The molecule has 6 N–H and O–H groups in total. The van der Waals surface area contributed by atoms with E-state index in [0.29, 0.717) is 5.69 Å². The molecule has 0 radical (unpaired) electrons. The Morgan fingerprint density at radius 3 is 2.50 bits per heavy atom. The van der Waals surface area contributed by atoms with Gasteiger partial charge in [-0.05, 0) is 24.3 Å². The highest BCUT2D eigenvalue weighted by Crippen LogP contribution is 2.17. The highest BCUT2D eigenvalue weighted by Gasteiger charge is 2.02. The van der Waals surface area contributed by atoms with Crippen molar-refractivity contribution >= 4 is 17.6 Å². The molecule has 0 saturated heterocycles. The zero-order valence-electron chi connectivity index (χ0n) is 11.2. The topological polar surface area (TPSA) is 121 Å². The van der Waals surface area contributed by atoms with E-state index in [9.17, 15) is 0 Å². The maximum absolute atomic E-state index is 5.57. The van der Waals surface area contributed by atoms with Gasteiger partial charge in [-0.2, -0.15) is 4.99 Å². The summed E-state index contributed by atoms with van der Waals surface area (Å²) in [4.78, 5) is 12.0. The number of rotatable bonds is 3. The summed E-state index contributed by atoms with van der Waals surface area (Å²) < 4.78 is 2.02. The second-order valence-corrected chi connectivity index (χ2v) is 4.09. The van der Waals surface area contributed by atoms with Crippen LogP contribution in [0.5, 0.6) is 0 Å². The number of guanidine groups is 2. The Morgan fingerprint density at radius 1 is 1.20 bits per heavy atom. The van der Waals surface area contributed by atoms with Gasteiger partial charge in [0.2, 0.25) is 5.96 Å². The van der Waals surface area contributed by atoms with Crippen LogP contribution in [0.3, 0.4) is 0 Å². The highest BCUT2D eigenvalue weighted by molar-refractivity contribution is 5.93. The van der Waals surface area contributed by atoms with E-state index < -0.39 is 0 Å². The molecule has 1 heterocycles. The van der Waals surface area contributed by atoms with Crippen molar-refractivity contribution in [3.63, 3.8) is 0 Å². The van der Waals surface area contributed by atoms with Crippen LogP contribution in [0.15, 0.2) is 46.6 Å². The molecule has 1 aromatic carbocycles. The fourth-order valence-electron chi connectivity index (χ4n) is 1.81. The molecule has 0 amide bonds. The van der Waals surface area contributed by atoms with E-state index in [-0.39, 0.29) is 11.9 Å². The van der Waals surface area contributed by atoms with Crippen LogP contribution in [0.1, 0.15) is 12.7 Å². The van der Waals surface area contributed by atoms with Gasteiger partial charge in [0, 0.05) is 24.5 Å². The van der Waals surface area contributed by atoms with Gasteiger partial charge in [-0.3, -0.25) is 0 Å². The van der Waals surface area contributed by atoms with Crippen LogP contribution in [-0.2, 0) is 6.42 Å². The molecular formula is C13H17N7. The lowest BCUT2D eigenvalue weighted by Crippen LogP contribution is -2.26. The molecular weight excluding hydrogens is 254 g/mol. The molecule has 20 heavy (non-hydrogen) atoms. The van der Waals surface area contributed by atoms with Gasteiger partial charge in [0.25, 0.3) is 0 Å². The van der Waals surface area contributed by atoms with Gasteiger partial charge in [0.1, 0.15) is 5.82 Å². The predicted octanol–water partition coefficient (Wildman–Crippen LogP) is 0.654. The van der Waals surface area contributed by atoms with Crippen LogP contribution in [0.25, 0.3) is 5.69 Å². The van der Waals surface area contributed by atoms with Gasteiger partial charge in [-0.1, -0.05) is 6.92 Å². The molecule has 0 unspecified atom stereocenters. The first kappa shape index (κ1) is 13.6. The number of aliphatic imine (C=N–C) groups is 2. The summed E-state index contributed by atoms with van der Waals surface area (Å²) >= 11 is 0. The standard InChI is InChI=1S/C13H17N7/c1-2-11-17-7-8-20(11)10-5-3-9(4-6-10)18-13(16)19-12(14)15/h3-8H,2H2,1H3,(H6,14,15,16,18,19). The molecule has 0 saturated carbocycles. The molecule has 0 fully saturated rings. The lowest BCUT2D eigenvalue weighted by Gasteiger charge is -2.06. The minimum absolute atomic E-state index is 0.0228. The van der Waals surface area contributed by atoms with Crippen molar-refractivity contribution in [2.75, 3.05) is 0 Å². The Morgan fingerprint density at radius 2 is 1.90 bits per heavy atom. The zero-order chi connectivity index (χ0) is 14.5. The van der Waals surface area contributed by atoms with E-state index in [4.69, 9.17) is 17.2 Å². The van der Waals surface area contributed by atoms with Crippen molar-refractivity contribution in [3.05, 3.63) is 42.5 Å². The normalized spacial score (nSPS) is 11.3. The molecule has 0 atom stereocenters. The number of hydrogen-bond acceptors (Lipinski definition) is 2. The van der Waals surface area contributed by atoms with Gasteiger partial charge in [0.05, 0.1) is 5.69 Å². The van der Waals surface area contributed by atoms with E-state index in [1.165, 1.54) is 0 Å². The fraction of sp³-hybridized carbons (Fsp3) is 0.154. The first-order valence-corrected chi connectivity index (χ1v) is 6.16. The number of hydrogen-bond donors (Lipinski definition) is 3. The largest absolute Gasteiger partial charge is 0.370 e. The van der Waals surface area contributed by atoms with Crippen LogP contribution in [-0.4, -0.2) is 21.5 Å². The molecule has 0 spiro atoms. The summed E-state index contributed by atoms with van der Waals surface area (Å²) in [6.45, 7) is 2.06. The molecule has 0 aliphatic rings. The molecule has 1 aromatic heterocycles. The average Bonchev–Trinajstić information content (AvgIpc) is 2.86. The first-order chi connectivity index (χ1) is 9.60. The number of nitrogens with two attached hydrogens (primary N) is 3. The summed E-state index contributed by atoms with van der Waals surface area (Å²) in [5, 5.41) is 0. The van der Waals surface area contributed by atoms with Gasteiger partial charge < -0.3 is 21.8 Å². The van der Waals surface area contributed by atoms with Crippen molar-refractivity contribution in [1.82, 2.24) is 9.55 Å². The molecule has 7 heteroatoms. The van der Waals surface area contributed by atoms with Gasteiger partial charge >= 0.3 is 0 Å². The van der Waals surface area contributed by atoms with Crippen LogP contribution in [0, 0.1) is 0 Å². The highest BCUT2D eigenvalue weighted by atomic mass is 15.1. The van der Waals surface area contributed by atoms with E-state index in [0.717, 1.165) is 17.9 Å². The Balaban J connectivity index is 2.25. The van der Waals surface area contributed by atoms with Crippen LogP contribution < -0.4 is 17.2 Å².